The minimum atomic E-state index is -4.69. The molecule has 1 N–H and O–H groups in total. The molecule has 1 heterocycles. The van der Waals surface area contributed by atoms with Crippen molar-refractivity contribution in [2.75, 3.05) is 5.75 Å². The van der Waals surface area contributed by atoms with Gasteiger partial charge in [-0.1, -0.05) is 12.1 Å². The second-order valence-electron chi connectivity index (χ2n) is 6.45. The average Bonchev–Trinajstić information content (AvgIpc) is 3.26. The van der Waals surface area contributed by atoms with Crippen molar-refractivity contribution in [2.24, 2.45) is 0 Å². The van der Waals surface area contributed by atoms with Crippen LogP contribution in [0.25, 0.3) is 5.69 Å². The van der Waals surface area contributed by atoms with Gasteiger partial charge in [-0.25, -0.2) is 9.67 Å². The summed E-state index contributed by atoms with van der Waals surface area (Å²) in [5.74, 6) is -0.597. The number of carbonyl (C=O) groups is 1. The van der Waals surface area contributed by atoms with Crippen molar-refractivity contribution in [3.05, 3.63) is 76.4 Å². The van der Waals surface area contributed by atoms with E-state index in [1.807, 2.05) is 24.3 Å². The lowest BCUT2D eigenvalue weighted by Gasteiger charge is -2.15. The monoisotopic (exact) mass is 451 g/mol. The number of carbonyl (C=O) groups excluding carboxylic acids is 1. The quantitative estimate of drug-likeness (QED) is 0.329. The molecule has 12 heteroatoms. The predicted molar refractivity (Wildman–Crippen MR) is 107 cm³/mol. The molecule has 2 aromatic carbocycles. The number of nitro groups is 1. The van der Waals surface area contributed by atoms with Crippen LogP contribution in [0.2, 0.25) is 0 Å². The molecule has 3 rings (SSSR count). The van der Waals surface area contributed by atoms with E-state index in [2.05, 4.69) is 15.4 Å². The van der Waals surface area contributed by atoms with Gasteiger partial charge in [0.05, 0.1) is 32.9 Å². The zero-order chi connectivity index (χ0) is 22.6. The minimum Gasteiger partial charge on any atom is -0.349 e. The third-order valence-corrected chi connectivity index (χ3v) is 5.36. The third-order valence-electron chi connectivity index (χ3n) is 4.30. The lowest BCUT2D eigenvalue weighted by atomic mass is 10.1. The average molecular weight is 451 g/mol. The van der Waals surface area contributed by atoms with Crippen LogP contribution in [0.4, 0.5) is 18.9 Å². The fraction of sp³-hybridized carbons (Fsp3) is 0.211. The summed E-state index contributed by atoms with van der Waals surface area (Å²) in [7, 11) is 0. The molecule has 0 saturated carbocycles. The molecule has 0 saturated heterocycles. The van der Waals surface area contributed by atoms with Gasteiger partial charge in [-0.2, -0.15) is 18.3 Å². The van der Waals surface area contributed by atoms with Crippen molar-refractivity contribution in [2.45, 2.75) is 24.0 Å². The van der Waals surface area contributed by atoms with E-state index in [9.17, 15) is 28.1 Å². The van der Waals surface area contributed by atoms with Crippen LogP contribution in [0.1, 0.15) is 24.1 Å². The van der Waals surface area contributed by atoms with Crippen LogP contribution in [0.15, 0.2) is 60.0 Å². The van der Waals surface area contributed by atoms with Gasteiger partial charge in [-0.15, -0.1) is 11.8 Å². The summed E-state index contributed by atoms with van der Waals surface area (Å²) < 4.78 is 39.9. The number of amides is 1. The Hall–Kier alpha value is -3.41. The summed E-state index contributed by atoms with van der Waals surface area (Å²) in [5, 5.41) is 17.9. The first kappa shape index (κ1) is 22.3. The Bertz CT molecular complexity index is 1070. The summed E-state index contributed by atoms with van der Waals surface area (Å²) in [6.45, 7) is 1.77. The van der Waals surface area contributed by atoms with E-state index in [1.54, 1.807) is 17.9 Å². The van der Waals surface area contributed by atoms with Crippen molar-refractivity contribution in [3.8, 4) is 5.69 Å². The second kappa shape index (κ2) is 9.16. The maximum Gasteiger partial charge on any atom is 0.416 e. The molecule has 0 bridgehead atoms. The molecule has 31 heavy (non-hydrogen) atoms. The number of nitro benzene ring substituents is 1. The van der Waals surface area contributed by atoms with Crippen molar-refractivity contribution >= 4 is 23.4 Å². The number of hydrogen-bond donors (Lipinski definition) is 1. The SMILES string of the molecule is CC(NC(=O)CSc1ccc(C(F)(F)F)cc1[N+](=O)[O-])c1ccc(-n2cncn2)cc1. The number of benzene rings is 2. The first-order chi connectivity index (χ1) is 14.6. The van der Waals surface area contributed by atoms with Gasteiger partial charge in [-0.05, 0) is 36.8 Å². The molecule has 1 atom stereocenters. The van der Waals surface area contributed by atoms with Crippen LogP contribution in [0.5, 0.6) is 0 Å². The molecule has 0 radical (unpaired) electrons. The molecule has 1 amide bonds. The largest absolute Gasteiger partial charge is 0.416 e. The van der Waals surface area contributed by atoms with E-state index in [0.29, 0.717) is 6.07 Å². The smallest absolute Gasteiger partial charge is 0.349 e. The lowest BCUT2D eigenvalue weighted by molar-refractivity contribution is -0.388. The van der Waals surface area contributed by atoms with Gasteiger partial charge in [-0.3, -0.25) is 14.9 Å². The van der Waals surface area contributed by atoms with Crippen molar-refractivity contribution in [1.82, 2.24) is 20.1 Å². The molecular formula is C19H16F3N5O3S. The highest BCUT2D eigenvalue weighted by Crippen LogP contribution is 2.36. The van der Waals surface area contributed by atoms with Gasteiger partial charge < -0.3 is 5.32 Å². The van der Waals surface area contributed by atoms with Gasteiger partial charge in [0.2, 0.25) is 5.91 Å². The highest BCUT2D eigenvalue weighted by molar-refractivity contribution is 8.00. The van der Waals surface area contributed by atoms with Crippen molar-refractivity contribution in [1.29, 1.82) is 0 Å². The second-order valence-corrected chi connectivity index (χ2v) is 7.46. The fourth-order valence-corrected chi connectivity index (χ4v) is 3.54. The van der Waals surface area contributed by atoms with Crippen LogP contribution >= 0.6 is 11.8 Å². The summed E-state index contributed by atoms with van der Waals surface area (Å²) in [4.78, 5) is 26.4. The number of rotatable bonds is 7. The van der Waals surface area contributed by atoms with Gasteiger partial charge in [0.1, 0.15) is 12.7 Å². The summed E-state index contributed by atoms with van der Waals surface area (Å²) >= 11 is 0.801. The molecule has 8 nitrogen and oxygen atoms in total. The molecule has 1 unspecified atom stereocenters. The van der Waals surface area contributed by atoms with Crippen LogP contribution in [0.3, 0.4) is 0 Å². The number of hydrogen-bond acceptors (Lipinski definition) is 6. The number of nitrogens with zero attached hydrogens (tertiary/aromatic N) is 4. The standard InChI is InChI=1S/C19H16F3N5O3S/c1-12(13-2-5-15(6-3-13)26-11-23-10-24-26)25-18(28)9-31-17-7-4-14(19(20,21)22)8-16(17)27(29)30/h2-8,10-12H,9H2,1H3,(H,25,28). The Morgan fingerprint density at radius 3 is 2.55 bits per heavy atom. The molecular weight excluding hydrogens is 435 g/mol. The third kappa shape index (κ3) is 5.60. The Balaban J connectivity index is 1.61. The van der Waals surface area contributed by atoms with Crippen molar-refractivity contribution < 1.29 is 22.9 Å². The highest BCUT2D eigenvalue weighted by Gasteiger charge is 2.33. The van der Waals surface area contributed by atoms with E-state index in [4.69, 9.17) is 0 Å². The normalized spacial score (nSPS) is 12.4. The molecule has 1 aromatic heterocycles. The van der Waals surface area contributed by atoms with E-state index in [-0.39, 0.29) is 16.7 Å². The number of thioether (sulfide) groups is 1. The fourth-order valence-electron chi connectivity index (χ4n) is 2.73. The topological polar surface area (TPSA) is 103 Å². The molecule has 162 valence electrons. The van der Waals surface area contributed by atoms with Gasteiger partial charge in [0.25, 0.3) is 5.69 Å². The van der Waals surface area contributed by atoms with Gasteiger partial charge in [0, 0.05) is 6.07 Å². The molecule has 0 spiro atoms. The number of alkyl halides is 3. The van der Waals surface area contributed by atoms with Crippen LogP contribution in [-0.2, 0) is 11.0 Å². The maximum atomic E-state index is 12.8. The maximum absolute atomic E-state index is 12.8. The van der Waals surface area contributed by atoms with Crippen LogP contribution in [-0.4, -0.2) is 31.3 Å². The van der Waals surface area contributed by atoms with Crippen LogP contribution < -0.4 is 5.32 Å². The van der Waals surface area contributed by atoms with E-state index >= 15 is 0 Å². The Morgan fingerprint density at radius 2 is 1.97 bits per heavy atom. The molecule has 0 aliphatic rings. The Morgan fingerprint density at radius 1 is 1.26 bits per heavy atom. The molecule has 0 aliphatic carbocycles. The predicted octanol–water partition coefficient (Wildman–Crippen LogP) is 4.16. The van der Waals surface area contributed by atoms with Crippen molar-refractivity contribution in [3.63, 3.8) is 0 Å². The van der Waals surface area contributed by atoms with E-state index in [0.717, 1.165) is 35.1 Å². The van der Waals surface area contributed by atoms with Gasteiger partial charge >= 0.3 is 6.18 Å². The van der Waals surface area contributed by atoms with E-state index < -0.39 is 28.3 Å². The Kier molecular flexibility index (Phi) is 6.59. The number of nitrogens with one attached hydrogen (secondary N) is 1. The molecule has 0 fully saturated rings. The number of halogens is 3. The Labute approximate surface area is 178 Å². The highest BCUT2D eigenvalue weighted by atomic mass is 32.2. The molecule has 3 aromatic rings. The number of aromatic nitrogens is 3. The van der Waals surface area contributed by atoms with E-state index in [1.165, 1.54) is 6.33 Å². The summed E-state index contributed by atoms with van der Waals surface area (Å²) in [6, 6.07) is 9.14. The zero-order valence-electron chi connectivity index (χ0n) is 16.0. The molecule has 0 aliphatic heterocycles. The van der Waals surface area contributed by atoms with Gasteiger partial charge in [0.15, 0.2) is 0 Å². The zero-order valence-corrected chi connectivity index (χ0v) is 16.9. The summed E-state index contributed by atoms with van der Waals surface area (Å²) in [6.07, 6.45) is -1.72. The first-order valence-corrected chi connectivity index (χ1v) is 9.86. The van der Waals surface area contributed by atoms with Crippen LogP contribution in [0, 0.1) is 10.1 Å². The lowest BCUT2D eigenvalue weighted by Crippen LogP contribution is -2.28. The first-order valence-electron chi connectivity index (χ1n) is 8.88. The summed E-state index contributed by atoms with van der Waals surface area (Å²) in [5.41, 5.74) is -0.187. The minimum absolute atomic E-state index is 0.0158.